The highest BCUT2D eigenvalue weighted by molar-refractivity contribution is 9.10. The fourth-order valence-electron chi connectivity index (χ4n) is 9.29. The average Bonchev–Trinajstić information content (AvgIpc) is 4.05. The van der Waals surface area contributed by atoms with Crippen LogP contribution in [0.2, 0.25) is 10.0 Å². The van der Waals surface area contributed by atoms with Crippen LogP contribution in [0.1, 0.15) is 8.85 Å². The Kier molecular flexibility index (Phi) is 15.0. The van der Waals surface area contributed by atoms with Gasteiger partial charge in [-0.05, 0) is 72.8 Å². The summed E-state index contributed by atoms with van der Waals surface area (Å²) in [5.41, 5.74) is 10.9. The summed E-state index contributed by atoms with van der Waals surface area (Å²) in [6, 6.07) is 84.9. The van der Waals surface area contributed by atoms with Gasteiger partial charge in [-0.1, -0.05) is 229 Å². The van der Waals surface area contributed by atoms with Crippen molar-refractivity contribution in [2.45, 2.75) is 7.43 Å². The van der Waals surface area contributed by atoms with E-state index in [1.165, 1.54) is 0 Å². The maximum Gasteiger partial charge on any atom is 0.164 e. The van der Waals surface area contributed by atoms with Crippen molar-refractivity contribution >= 4 is 82.7 Å². The van der Waals surface area contributed by atoms with Crippen LogP contribution in [0.25, 0.3) is 118 Å². The minimum absolute atomic E-state index is 0. The Morgan fingerprint density at radius 3 is 1.15 bits per heavy atom. The van der Waals surface area contributed by atoms with Crippen LogP contribution in [0.15, 0.2) is 259 Å². The van der Waals surface area contributed by atoms with Gasteiger partial charge in [-0.15, -0.1) is 0 Å². The molecule has 10 aromatic carbocycles. The maximum atomic E-state index is 6.42. The first kappa shape index (κ1) is 51.0. The van der Waals surface area contributed by atoms with E-state index in [0.717, 1.165) is 92.2 Å². The van der Waals surface area contributed by atoms with Gasteiger partial charge < -0.3 is 9.55 Å². The van der Waals surface area contributed by atoms with Crippen molar-refractivity contribution in [3.63, 3.8) is 0 Å². The molecule has 8 nitrogen and oxygen atoms in total. The molecule has 0 radical (unpaired) electrons. The number of hydrogen-bond donors (Lipinski definition) is 1. The largest absolute Gasteiger partial charge is 0.354 e. The molecule has 1 N–H and O–H groups in total. The van der Waals surface area contributed by atoms with Crippen LogP contribution in [0.5, 0.6) is 0 Å². The third-order valence-corrected chi connectivity index (χ3v) is 14.0. The molecule has 4 heterocycles. The molecular formula is C67H49BrCl2N8. The van der Waals surface area contributed by atoms with Crippen molar-refractivity contribution < 1.29 is 1.43 Å². The lowest BCUT2D eigenvalue weighted by Crippen LogP contribution is -2.00. The van der Waals surface area contributed by atoms with E-state index in [0.29, 0.717) is 40.0 Å². The van der Waals surface area contributed by atoms with Crippen molar-refractivity contribution in [1.82, 2.24) is 39.5 Å². The molecule has 0 saturated carbocycles. The molecule has 78 heavy (non-hydrogen) atoms. The van der Waals surface area contributed by atoms with Crippen LogP contribution in [0.3, 0.4) is 0 Å². The van der Waals surface area contributed by atoms with Gasteiger partial charge in [-0.3, -0.25) is 0 Å². The first-order valence-electron chi connectivity index (χ1n) is 24.8. The van der Waals surface area contributed by atoms with Gasteiger partial charge in [0.05, 0.1) is 11.0 Å². The van der Waals surface area contributed by atoms with E-state index in [-0.39, 0.29) is 8.85 Å². The number of halogens is 3. The van der Waals surface area contributed by atoms with Gasteiger partial charge in [-0.25, -0.2) is 29.9 Å². The van der Waals surface area contributed by atoms with Gasteiger partial charge in [0.1, 0.15) is 0 Å². The van der Waals surface area contributed by atoms with Crippen molar-refractivity contribution in [1.29, 1.82) is 0 Å². The highest BCUT2D eigenvalue weighted by Gasteiger charge is 2.18. The molecule has 0 aliphatic heterocycles. The minimum Gasteiger partial charge on any atom is -0.354 e. The number of nitrogens with one attached hydrogen (secondary N) is 1. The summed E-state index contributed by atoms with van der Waals surface area (Å²) in [5.74, 6) is 3.85. The first-order valence-corrected chi connectivity index (χ1v) is 26.4. The molecule has 0 saturated heterocycles. The Hall–Kier alpha value is -9.12. The van der Waals surface area contributed by atoms with Crippen LogP contribution in [-0.4, -0.2) is 39.5 Å². The van der Waals surface area contributed by atoms with Crippen LogP contribution in [0, 0.1) is 0 Å². The second-order valence-electron chi connectivity index (χ2n) is 18.0. The van der Waals surface area contributed by atoms with Crippen molar-refractivity contribution in [3.8, 4) is 74.0 Å². The predicted molar refractivity (Wildman–Crippen MR) is 329 cm³/mol. The summed E-state index contributed by atoms with van der Waals surface area (Å²) >= 11 is 15.9. The Balaban J connectivity index is 0.000000157. The molecule has 378 valence electrons. The second-order valence-corrected chi connectivity index (χ2v) is 19.8. The van der Waals surface area contributed by atoms with E-state index in [2.05, 4.69) is 92.2 Å². The number of hydrogen-bond acceptors (Lipinski definition) is 6. The van der Waals surface area contributed by atoms with E-state index >= 15 is 0 Å². The molecule has 0 atom stereocenters. The lowest BCUT2D eigenvalue weighted by atomic mass is 10.1. The van der Waals surface area contributed by atoms with Gasteiger partial charge in [0, 0.05) is 87.6 Å². The number of aromatic amines is 1. The van der Waals surface area contributed by atoms with E-state index in [4.69, 9.17) is 53.1 Å². The highest BCUT2D eigenvalue weighted by Crippen LogP contribution is 2.37. The highest BCUT2D eigenvalue weighted by atomic mass is 79.9. The fourth-order valence-corrected chi connectivity index (χ4v) is 9.94. The molecule has 0 amide bonds. The number of aromatic nitrogens is 8. The molecule has 0 fully saturated rings. The number of benzene rings is 10. The summed E-state index contributed by atoms with van der Waals surface area (Å²) < 4.78 is 3.40. The zero-order valence-corrected chi connectivity index (χ0v) is 44.1. The van der Waals surface area contributed by atoms with Crippen molar-refractivity contribution in [3.05, 3.63) is 269 Å². The topological polar surface area (TPSA) is 98.1 Å². The van der Waals surface area contributed by atoms with Crippen LogP contribution < -0.4 is 0 Å². The molecule has 4 aromatic heterocycles. The zero-order chi connectivity index (χ0) is 52.1. The third kappa shape index (κ3) is 10.9. The predicted octanol–water partition coefficient (Wildman–Crippen LogP) is 19.1. The Bertz CT molecular complexity index is 4240. The van der Waals surface area contributed by atoms with Gasteiger partial charge in [-0.2, -0.15) is 0 Å². The first-order chi connectivity index (χ1) is 37.9. The van der Waals surface area contributed by atoms with Crippen LogP contribution in [0.4, 0.5) is 0 Å². The summed E-state index contributed by atoms with van der Waals surface area (Å²) in [6.45, 7) is 0. The number of nitrogens with zero attached hydrogens (tertiary/aromatic N) is 7. The average molecular weight is 1120 g/mol. The second kappa shape index (κ2) is 23.0. The molecule has 0 spiro atoms. The Labute approximate surface area is 471 Å². The summed E-state index contributed by atoms with van der Waals surface area (Å²) in [4.78, 5) is 32.6. The monoisotopic (exact) mass is 1120 g/mol. The molecule has 0 bridgehead atoms. The minimum atomic E-state index is 0. The van der Waals surface area contributed by atoms with E-state index in [1.54, 1.807) is 0 Å². The number of fused-ring (bicyclic) bond motifs is 6. The number of rotatable bonds is 7. The zero-order valence-electron chi connectivity index (χ0n) is 41.0. The maximum absolute atomic E-state index is 6.42. The molecule has 11 heteroatoms. The molecular weight excluding hydrogens is 1070 g/mol. The quantitative estimate of drug-likeness (QED) is 0.171. The standard InChI is InChI=1S/C33H21ClN4.C27H17ClN4.C6H5Br.CH4.H2/c34-25-17-19-29-28(21-25)27-18-16-24(20-30(27)38(29)26-14-8-3-9-15-26)33-36-31(22-10-4-1-5-11-22)35-32(37-33)23-12-6-2-7-13-23;28-20-12-14-23-22(16-20)21-13-11-19(15-24(21)29-23)27-31-25(17-7-3-1-4-8-17)30-26(32-27)18-9-5-2-6-10-18;7-6-4-2-1-3-5-6;;/h1-21H;1-16,29H;1-5H;1H4;1H/i;;;;1+1. The Morgan fingerprint density at radius 2 is 0.705 bits per heavy atom. The molecule has 0 aliphatic carbocycles. The lowest BCUT2D eigenvalue weighted by Gasteiger charge is -2.10. The van der Waals surface area contributed by atoms with E-state index in [1.807, 2.05) is 188 Å². The molecule has 14 rings (SSSR count). The third-order valence-electron chi connectivity index (χ3n) is 13.0. The van der Waals surface area contributed by atoms with Crippen LogP contribution >= 0.6 is 39.1 Å². The SMILES string of the molecule is Brc1ccccc1.C.Clc1ccc2[nH]c3cc(-c4nc(-c5ccccc5)nc(-c5ccccc5)n4)ccc3c2c1.Clc1ccc2c(c1)c1ccc(-c3nc(-c4ccccc4)nc(-c4ccccc4)n3)cc1n2-c1ccccc1.[2HH]. The normalized spacial score (nSPS) is 10.9. The molecule has 14 aromatic rings. The van der Waals surface area contributed by atoms with E-state index < -0.39 is 0 Å². The van der Waals surface area contributed by atoms with Crippen LogP contribution in [-0.2, 0) is 0 Å². The lowest BCUT2D eigenvalue weighted by molar-refractivity contribution is 1.07. The van der Waals surface area contributed by atoms with Gasteiger partial charge in [0.15, 0.2) is 34.9 Å². The van der Waals surface area contributed by atoms with Crippen molar-refractivity contribution in [2.75, 3.05) is 0 Å². The fraction of sp³-hybridized carbons (Fsp3) is 0.0149. The smallest absolute Gasteiger partial charge is 0.164 e. The van der Waals surface area contributed by atoms with E-state index in [9.17, 15) is 0 Å². The Morgan fingerprint density at radius 1 is 0.321 bits per heavy atom. The number of para-hydroxylation sites is 1. The molecule has 0 aliphatic rings. The summed E-state index contributed by atoms with van der Waals surface area (Å²) in [6.07, 6.45) is 0. The van der Waals surface area contributed by atoms with Gasteiger partial charge in [0.25, 0.3) is 0 Å². The molecule has 0 unspecified atom stereocenters. The summed E-state index contributed by atoms with van der Waals surface area (Å²) in [5, 5.41) is 5.88. The van der Waals surface area contributed by atoms with Gasteiger partial charge in [0.2, 0.25) is 0 Å². The van der Waals surface area contributed by atoms with Crippen molar-refractivity contribution in [2.24, 2.45) is 0 Å². The van der Waals surface area contributed by atoms with Gasteiger partial charge >= 0.3 is 0 Å². The number of H-pyrrole nitrogens is 1. The summed E-state index contributed by atoms with van der Waals surface area (Å²) in [7, 11) is 0.